The zero-order chi connectivity index (χ0) is 15.9. The first-order valence-corrected chi connectivity index (χ1v) is 6.47. The van der Waals surface area contributed by atoms with E-state index in [0.717, 1.165) is 0 Å². The number of nitriles is 1. The number of methoxy groups -OCH3 is 1. The first-order valence-electron chi connectivity index (χ1n) is 6.47. The molecule has 2 rings (SSSR count). The van der Waals surface area contributed by atoms with Crippen LogP contribution in [-0.4, -0.2) is 41.7 Å². The van der Waals surface area contributed by atoms with E-state index < -0.39 is 5.97 Å². The van der Waals surface area contributed by atoms with Crippen LogP contribution in [-0.2, 0) is 4.74 Å². The van der Waals surface area contributed by atoms with Crippen LogP contribution in [0.1, 0.15) is 17.4 Å². The molecule has 0 atom stereocenters. The Balaban J connectivity index is 2.51. The fourth-order valence-electron chi connectivity index (χ4n) is 1.88. The van der Waals surface area contributed by atoms with Gasteiger partial charge in [0.05, 0.1) is 19.3 Å². The van der Waals surface area contributed by atoms with Gasteiger partial charge in [0.1, 0.15) is 11.8 Å². The van der Waals surface area contributed by atoms with Gasteiger partial charge in [-0.3, -0.25) is 0 Å². The van der Waals surface area contributed by atoms with Crippen molar-refractivity contribution in [1.82, 2.24) is 15.4 Å². The summed E-state index contributed by atoms with van der Waals surface area (Å²) in [5.41, 5.74) is 0.786. The molecule has 0 unspecified atom stereocenters. The lowest BCUT2D eigenvalue weighted by Crippen LogP contribution is -2.07. The van der Waals surface area contributed by atoms with E-state index in [4.69, 9.17) is 19.5 Å². The van der Waals surface area contributed by atoms with Gasteiger partial charge in [-0.1, -0.05) is 6.07 Å². The number of H-pyrrole nitrogens is 1. The van der Waals surface area contributed by atoms with Crippen LogP contribution in [0.5, 0.6) is 11.5 Å². The summed E-state index contributed by atoms with van der Waals surface area (Å²) < 4.78 is 15.6. The number of nitrogens with zero attached hydrogens (tertiary/aromatic N) is 3. The lowest BCUT2D eigenvalue weighted by atomic mass is 10.1. The Kier molecular flexibility index (Phi) is 4.93. The average Bonchev–Trinajstić information content (AvgIpc) is 3.02. The van der Waals surface area contributed by atoms with Crippen LogP contribution in [0.2, 0.25) is 0 Å². The summed E-state index contributed by atoms with van der Waals surface area (Å²) in [5, 5.41) is 18.9. The molecule has 0 radical (unpaired) electrons. The minimum absolute atomic E-state index is 0.0388. The Bertz CT molecular complexity index is 705. The monoisotopic (exact) mass is 302 g/mol. The molecule has 0 aliphatic rings. The molecule has 0 aliphatic heterocycles. The first kappa shape index (κ1) is 15.3. The van der Waals surface area contributed by atoms with E-state index >= 15 is 0 Å². The third-order valence-corrected chi connectivity index (χ3v) is 2.75. The van der Waals surface area contributed by atoms with Gasteiger partial charge in [0.15, 0.2) is 23.8 Å². The lowest BCUT2D eigenvalue weighted by molar-refractivity contribution is 0.0520. The summed E-state index contributed by atoms with van der Waals surface area (Å²) >= 11 is 0. The second-order valence-electron chi connectivity index (χ2n) is 4.03. The molecule has 1 aromatic heterocycles. The maximum atomic E-state index is 11.9. The van der Waals surface area contributed by atoms with Crippen molar-refractivity contribution < 1.29 is 19.0 Å². The number of hydrogen-bond acceptors (Lipinski definition) is 7. The molecule has 2 aromatic rings. The van der Waals surface area contributed by atoms with Crippen molar-refractivity contribution >= 4 is 5.97 Å². The first-order chi connectivity index (χ1) is 10.7. The minimum Gasteiger partial charge on any atom is -0.493 e. The van der Waals surface area contributed by atoms with E-state index in [1.165, 1.54) is 7.11 Å². The highest BCUT2D eigenvalue weighted by atomic mass is 16.5. The van der Waals surface area contributed by atoms with Crippen molar-refractivity contribution in [3.8, 4) is 28.8 Å². The SMILES string of the molecule is CCOC(=O)c1n[nH]nc1-c1cccc(OC)c1OCC#N. The number of para-hydroxylation sites is 1. The molecule has 1 aromatic carbocycles. The van der Waals surface area contributed by atoms with Gasteiger partial charge in [-0.2, -0.15) is 15.6 Å². The maximum absolute atomic E-state index is 11.9. The second kappa shape index (κ2) is 7.08. The Hall–Kier alpha value is -3.08. The Morgan fingerprint density at radius 2 is 2.23 bits per heavy atom. The highest BCUT2D eigenvalue weighted by molar-refractivity contribution is 5.95. The molecular formula is C14H14N4O4. The van der Waals surface area contributed by atoms with Crippen molar-refractivity contribution in [1.29, 1.82) is 5.26 Å². The van der Waals surface area contributed by atoms with Gasteiger partial charge in [0.2, 0.25) is 0 Å². The van der Waals surface area contributed by atoms with Gasteiger partial charge in [0, 0.05) is 0 Å². The molecule has 22 heavy (non-hydrogen) atoms. The summed E-state index contributed by atoms with van der Waals surface area (Å²) in [6.07, 6.45) is 0. The van der Waals surface area contributed by atoms with Crippen LogP contribution < -0.4 is 9.47 Å². The minimum atomic E-state index is -0.597. The number of rotatable bonds is 6. The zero-order valence-corrected chi connectivity index (χ0v) is 12.1. The fraction of sp³-hybridized carbons (Fsp3) is 0.286. The molecule has 114 valence electrons. The Labute approximate surface area is 126 Å². The molecular weight excluding hydrogens is 288 g/mol. The van der Waals surface area contributed by atoms with Gasteiger partial charge in [-0.15, -0.1) is 5.10 Å². The van der Waals surface area contributed by atoms with E-state index in [1.54, 1.807) is 25.1 Å². The van der Waals surface area contributed by atoms with Crippen LogP contribution in [0, 0.1) is 11.3 Å². The zero-order valence-electron chi connectivity index (χ0n) is 12.1. The van der Waals surface area contributed by atoms with E-state index in [0.29, 0.717) is 17.1 Å². The third kappa shape index (κ3) is 2.98. The van der Waals surface area contributed by atoms with Gasteiger partial charge >= 0.3 is 5.97 Å². The summed E-state index contributed by atoms with van der Waals surface area (Å²) in [6, 6.07) is 6.97. The van der Waals surface area contributed by atoms with Gasteiger partial charge in [0.25, 0.3) is 0 Å². The Morgan fingerprint density at radius 1 is 1.41 bits per heavy atom. The third-order valence-electron chi connectivity index (χ3n) is 2.75. The van der Waals surface area contributed by atoms with Crippen molar-refractivity contribution in [2.45, 2.75) is 6.92 Å². The number of benzene rings is 1. The van der Waals surface area contributed by atoms with Crippen LogP contribution in [0.15, 0.2) is 18.2 Å². The van der Waals surface area contributed by atoms with E-state index in [9.17, 15) is 4.79 Å². The molecule has 0 fully saturated rings. The van der Waals surface area contributed by atoms with Crippen LogP contribution in [0.25, 0.3) is 11.3 Å². The standard InChI is InChI=1S/C14H14N4O4/c1-3-21-14(19)12-11(16-18-17-12)9-5-4-6-10(20-2)13(9)22-8-7-15/h4-6H,3,8H2,1-2H3,(H,16,17,18). The molecule has 0 saturated heterocycles. The summed E-state index contributed by atoms with van der Waals surface area (Å²) in [7, 11) is 1.48. The van der Waals surface area contributed by atoms with Crippen LogP contribution >= 0.6 is 0 Å². The Morgan fingerprint density at radius 3 is 2.91 bits per heavy atom. The molecule has 1 heterocycles. The highest BCUT2D eigenvalue weighted by Gasteiger charge is 2.23. The van der Waals surface area contributed by atoms with Crippen LogP contribution in [0.4, 0.5) is 0 Å². The van der Waals surface area contributed by atoms with Gasteiger partial charge in [-0.25, -0.2) is 4.79 Å². The smallest absolute Gasteiger partial charge is 0.361 e. The largest absolute Gasteiger partial charge is 0.493 e. The number of aromatic amines is 1. The fourth-order valence-corrected chi connectivity index (χ4v) is 1.88. The number of carbonyl (C=O) groups is 1. The number of aromatic nitrogens is 3. The average molecular weight is 302 g/mol. The number of esters is 1. The summed E-state index contributed by atoms with van der Waals surface area (Å²) in [4.78, 5) is 11.9. The van der Waals surface area contributed by atoms with E-state index in [1.807, 2.05) is 6.07 Å². The lowest BCUT2D eigenvalue weighted by Gasteiger charge is -2.12. The quantitative estimate of drug-likeness (QED) is 0.806. The molecule has 0 saturated carbocycles. The number of carbonyl (C=O) groups excluding carboxylic acids is 1. The van der Waals surface area contributed by atoms with E-state index in [-0.39, 0.29) is 24.6 Å². The summed E-state index contributed by atoms with van der Waals surface area (Å²) in [6.45, 7) is 1.76. The van der Waals surface area contributed by atoms with Crippen molar-refractivity contribution in [2.24, 2.45) is 0 Å². The number of ether oxygens (including phenoxy) is 3. The molecule has 0 aliphatic carbocycles. The molecule has 1 N–H and O–H groups in total. The molecule has 8 nitrogen and oxygen atoms in total. The summed E-state index contributed by atoms with van der Waals surface area (Å²) in [5.74, 6) is 0.136. The van der Waals surface area contributed by atoms with Gasteiger partial charge < -0.3 is 14.2 Å². The van der Waals surface area contributed by atoms with Crippen molar-refractivity contribution in [3.63, 3.8) is 0 Å². The molecule has 0 amide bonds. The highest BCUT2D eigenvalue weighted by Crippen LogP contribution is 2.38. The normalized spacial score (nSPS) is 9.86. The van der Waals surface area contributed by atoms with Crippen molar-refractivity contribution in [2.75, 3.05) is 20.3 Å². The predicted octanol–water partition coefficient (Wildman–Crippen LogP) is 1.56. The molecule has 8 heteroatoms. The van der Waals surface area contributed by atoms with E-state index in [2.05, 4.69) is 15.4 Å². The predicted molar refractivity (Wildman–Crippen MR) is 75.4 cm³/mol. The van der Waals surface area contributed by atoms with Crippen LogP contribution in [0.3, 0.4) is 0 Å². The number of hydrogen-bond donors (Lipinski definition) is 1. The maximum Gasteiger partial charge on any atom is 0.361 e. The molecule has 0 bridgehead atoms. The number of nitrogens with one attached hydrogen (secondary N) is 1. The van der Waals surface area contributed by atoms with Gasteiger partial charge in [-0.05, 0) is 19.1 Å². The van der Waals surface area contributed by atoms with Crippen molar-refractivity contribution in [3.05, 3.63) is 23.9 Å². The molecule has 0 spiro atoms. The topological polar surface area (TPSA) is 110 Å². The second-order valence-corrected chi connectivity index (χ2v) is 4.03.